The number of hydrogen-bond donors (Lipinski definition) is 1. The molecule has 4 heteroatoms. The fraction of sp³-hybridized carbons (Fsp3) is 0.833. The molecule has 1 heterocycles. The minimum Gasteiger partial charge on any atom is -0.394 e. The molecule has 1 atom stereocenters. The van der Waals surface area contributed by atoms with Gasteiger partial charge in [0.15, 0.2) is 0 Å². The molecule has 0 saturated carbocycles. The van der Waals surface area contributed by atoms with Crippen molar-refractivity contribution in [2.24, 2.45) is 0 Å². The summed E-state index contributed by atoms with van der Waals surface area (Å²) < 4.78 is 0.0501. The smallest absolute Gasteiger partial charge is 0.283 e. The number of carbonyl (C=O) groups excluding carboxylic acids is 1. The fourth-order valence-corrected chi connectivity index (χ4v) is 1.89. The van der Waals surface area contributed by atoms with Crippen molar-refractivity contribution in [3.8, 4) is 0 Å². The summed E-state index contributed by atoms with van der Waals surface area (Å²) in [5, 5.41) is 8.79. The Kier molecular flexibility index (Phi) is 2.91. The van der Waals surface area contributed by atoms with Crippen molar-refractivity contribution >= 4 is 26.5 Å². The maximum atomic E-state index is 10.8. The van der Waals surface area contributed by atoms with Gasteiger partial charge >= 0.3 is 0 Å². The van der Waals surface area contributed by atoms with Gasteiger partial charge in [-0.2, -0.15) is 0 Å². The van der Waals surface area contributed by atoms with Crippen LogP contribution in [-0.4, -0.2) is 33.1 Å². The summed E-state index contributed by atoms with van der Waals surface area (Å²) in [7, 11) is 0. The van der Waals surface area contributed by atoms with Gasteiger partial charge in [0, 0.05) is 29.1 Å². The molecule has 0 bridgehead atoms. The maximum Gasteiger partial charge on any atom is 0.283 e. The normalized spacial score (nSPS) is 25.4. The molecule has 1 amide bonds. The number of amides is 1. The summed E-state index contributed by atoms with van der Waals surface area (Å²) in [6.07, 6.45) is 1.98. The molecule has 1 fully saturated rings. The standard InChI is InChI=1S/C6H10INO2/c7-6(10)8-3-1-2-5(8)4-9/h5,9H,1-4H2/t5-/m0/s1. The second-order valence-corrected chi connectivity index (χ2v) is 3.35. The van der Waals surface area contributed by atoms with Gasteiger partial charge in [-0.05, 0) is 12.8 Å². The lowest BCUT2D eigenvalue weighted by atomic mass is 10.2. The van der Waals surface area contributed by atoms with Gasteiger partial charge < -0.3 is 10.0 Å². The number of aliphatic hydroxyl groups excluding tert-OH is 1. The molecule has 10 heavy (non-hydrogen) atoms. The van der Waals surface area contributed by atoms with Crippen LogP contribution < -0.4 is 0 Å². The van der Waals surface area contributed by atoms with Crippen molar-refractivity contribution in [3.63, 3.8) is 0 Å². The molecule has 1 aliphatic heterocycles. The highest BCUT2D eigenvalue weighted by atomic mass is 127. The van der Waals surface area contributed by atoms with Gasteiger partial charge in [0.2, 0.25) is 0 Å². The topological polar surface area (TPSA) is 40.5 Å². The minimum atomic E-state index is 0.0501. The maximum absolute atomic E-state index is 10.8. The summed E-state index contributed by atoms with van der Waals surface area (Å²) in [5.41, 5.74) is 0. The Morgan fingerprint density at radius 3 is 2.90 bits per heavy atom. The van der Waals surface area contributed by atoms with Crippen LogP contribution in [0.2, 0.25) is 0 Å². The molecule has 0 unspecified atom stereocenters. The number of aliphatic hydroxyl groups is 1. The SMILES string of the molecule is O=C(I)N1CCC[C@H]1CO. The van der Waals surface area contributed by atoms with E-state index in [1.54, 1.807) is 27.5 Å². The van der Waals surface area contributed by atoms with E-state index in [-0.39, 0.29) is 16.6 Å². The summed E-state index contributed by atoms with van der Waals surface area (Å²) in [6, 6.07) is 0.0874. The predicted octanol–water partition coefficient (Wildman–Crippen LogP) is 0.998. The molecular formula is C6H10INO2. The lowest BCUT2D eigenvalue weighted by Gasteiger charge is -2.19. The van der Waals surface area contributed by atoms with Crippen LogP contribution in [0.1, 0.15) is 12.8 Å². The zero-order valence-corrected chi connectivity index (χ0v) is 7.74. The third-order valence-electron chi connectivity index (χ3n) is 1.81. The first-order valence-corrected chi connectivity index (χ1v) is 4.40. The highest BCUT2D eigenvalue weighted by molar-refractivity contribution is 14.1. The Bertz CT molecular complexity index is 140. The quantitative estimate of drug-likeness (QED) is 0.431. The molecule has 0 aromatic heterocycles. The first-order valence-electron chi connectivity index (χ1n) is 3.32. The Hall–Kier alpha value is 0.160. The van der Waals surface area contributed by atoms with E-state index in [9.17, 15) is 4.79 Å². The molecule has 1 saturated heterocycles. The molecule has 58 valence electrons. The Balaban J connectivity index is 2.50. The zero-order valence-electron chi connectivity index (χ0n) is 5.59. The third kappa shape index (κ3) is 1.60. The number of halogens is 1. The summed E-state index contributed by atoms with van der Waals surface area (Å²) in [4.78, 5) is 12.5. The third-order valence-corrected chi connectivity index (χ3v) is 2.43. The molecule has 1 aliphatic rings. The van der Waals surface area contributed by atoms with Crippen molar-refractivity contribution in [1.29, 1.82) is 0 Å². The average Bonchev–Trinajstić information content (AvgIpc) is 2.33. The highest BCUT2D eigenvalue weighted by Crippen LogP contribution is 2.18. The molecule has 0 spiro atoms. The van der Waals surface area contributed by atoms with E-state index in [4.69, 9.17) is 5.11 Å². The second-order valence-electron chi connectivity index (χ2n) is 2.42. The molecule has 1 rings (SSSR count). The van der Waals surface area contributed by atoms with Crippen molar-refractivity contribution in [2.75, 3.05) is 13.2 Å². The predicted molar refractivity (Wildman–Crippen MR) is 46.2 cm³/mol. The van der Waals surface area contributed by atoms with E-state index in [0.717, 1.165) is 19.4 Å². The summed E-state index contributed by atoms with van der Waals surface area (Å²) in [5.74, 6) is 0. The number of hydrogen-bond acceptors (Lipinski definition) is 2. The van der Waals surface area contributed by atoms with E-state index >= 15 is 0 Å². The van der Waals surface area contributed by atoms with Gasteiger partial charge in [0.1, 0.15) is 0 Å². The Morgan fingerprint density at radius 2 is 2.50 bits per heavy atom. The van der Waals surface area contributed by atoms with Crippen LogP contribution in [0.15, 0.2) is 0 Å². The van der Waals surface area contributed by atoms with E-state index in [2.05, 4.69) is 0 Å². The van der Waals surface area contributed by atoms with Crippen LogP contribution in [0.3, 0.4) is 0 Å². The van der Waals surface area contributed by atoms with Crippen molar-refractivity contribution in [1.82, 2.24) is 4.90 Å². The van der Waals surface area contributed by atoms with Crippen molar-refractivity contribution in [2.45, 2.75) is 18.9 Å². The zero-order chi connectivity index (χ0) is 7.56. The van der Waals surface area contributed by atoms with Crippen molar-refractivity contribution in [3.05, 3.63) is 0 Å². The Morgan fingerprint density at radius 1 is 1.80 bits per heavy atom. The molecule has 0 aliphatic carbocycles. The first kappa shape index (κ1) is 8.26. The lowest BCUT2D eigenvalue weighted by Crippen LogP contribution is -2.33. The van der Waals surface area contributed by atoms with Crippen LogP contribution in [0.5, 0.6) is 0 Å². The molecular weight excluding hydrogens is 245 g/mol. The lowest BCUT2D eigenvalue weighted by molar-refractivity contribution is 0.176. The number of carbonyl (C=O) groups is 1. The van der Waals surface area contributed by atoms with Gasteiger partial charge in [0.05, 0.1) is 12.6 Å². The summed E-state index contributed by atoms with van der Waals surface area (Å²) >= 11 is 1.76. The van der Waals surface area contributed by atoms with Gasteiger partial charge in [-0.1, -0.05) is 0 Å². The van der Waals surface area contributed by atoms with Crippen LogP contribution in [-0.2, 0) is 0 Å². The highest BCUT2D eigenvalue weighted by Gasteiger charge is 2.25. The van der Waals surface area contributed by atoms with Crippen LogP contribution in [0.4, 0.5) is 4.79 Å². The van der Waals surface area contributed by atoms with Crippen LogP contribution in [0, 0.1) is 0 Å². The van der Waals surface area contributed by atoms with Crippen molar-refractivity contribution < 1.29 is 9.90 Å². The number of likely N-dealkylation sites (tertiary alicyclic amines) is 1. The fourth-order valence-electron chi connectivity index (χ4n) is 1.26. The van der Waals surface area contributed by atoms with Gasteiger partial charge in [-0.25, -0.2) is 0 Å². The molecule has 0 aromatic rings. The molecule has 0 radical (unpaired) electrons. The Labute approximate surface area is 73.5 Å². The van der Waals surface area contributed by atoms with Gasteiger partial charge in [0.25, 0.3) is 3.91 Å². The van der Waals surface area contributed by atoms with E-state index < -0.39 is 0 Å². The minimum absolute atomic E-state index is 0.0501. The molecule has 1 N–H and O–H groups in total. The summed E-state index contributed by atoms with van der Waals surface area (Å²) in [6.45, 7) is 0.918. The van der Waals surface area contributed by atoms with Crippen LogP contribution >= 0.6 is 22.6 Å². The van der Waals surface area contributed by atoms with Crippen LogP contribution in [0.25, 0.3) is 0 Å². The monoisotopic (exact) mass is 255 g/mol. The van der Waals surface area contributed by atoms with E-state index in [1.165, 1.54) is 0 Å². The van der Waals surface area contributed by atoms with Gasteiger partial charge in [-0.3, -0.25) is 4.79 Å². The number of rotatable bonds is 1. The van der Waals surface area contributed by atoms with E-state index in [0.29, 0.717) is 0 Å². The molecule has 0 aromatic carbocycles. The largest absolute Gasteiger partial charge is 0.394 e. The van der Waals surface area contributed by atoms with Gasteiger partial charge in [-0.15, -0.1) is 0 Å². The average molecular weight is 255 g/mol. The first-order chi connectivity index (χ1) is 4.75. The molecule has 3 nitrogen and oxygen atoms in total. The second kappa shape index (κ2) is 3.52. The number of nitrogens with zero attached hydrogens (tertiary/aromatic N) is 1. The van der Waals surface area contributed by atoms with E-state index in [1.807, 2.05) is 0 Å².